The quantitative estimate of drug-likeness (QED) is 0.358. The third kappa shape index (κ3) is 2.55. The van der Waals surface area contributed by atoms with E-state index in [4.69, 9.17) is 16.6 Å². The summed E-state index contributed by atoms with van der Waals surface area (Å²) in [6, 6.07) is 28.1. The molecule has 0 fully saturated rings. The molecule has 0 aliphatic rings. The summed E-state index contributed by atoms with van der Waals surface area (Å²) >= 11 is 6.11. The zero-order valence-electron chi connectivity index (χ0n) is 14.8. The highest BCUT2D eigenvalue weighted by Crippen LogP contribution is 2.36. The Balaban J connectivity index is 1.95. The topological polar surface area (TPSA) is 41.1 Å². The third-order valence-corrected chi connectivity index (χ3v) is 5.18. The van der Waals surface area contributed by atoms with Gasteiger partial charge in [0, 0.05) is 22.3 Å². The van der Waals surface area contributed by atoms with E-state index in [1.165, 1.54) is 0 Å². The fourth-order valence-electron chi connectivity index (χ4n) is 3.64. The number of pyridine rings is 2. The Morgan fingerprint density at radius 1 is 0.857 bits per heavy atom. The number of nitrogens with zero attached hydrogens (tertiary/aromatic N) is 3. The molecule has 0 aliphatic carbocycles. The standard InChI is InChI=1S/C24H14ClN3/c25-18-11-9-16(10-12-18)19-14-21(17-6-2-1-3-7-17)27-23-20(15-26)22-8-4-5-13-28(22)24(19)23/h1-14H. The van der Waals surface area contributed by atoms with Crippen LogP contribution in [0.4, 0.5) is 0 Å². The molecular weight excluding hydrogens is 366 g/mol. The second-order valence-electron chi connectivity index (χ2n) is 6.57. The van der Waals surface area contributed by atoms with E-state index in [2.05, 4.69) is 12.1 Å². The highest BCUT2D eigenvalue weighted by Gasteiger charge is 2.18. The minimum absolute atomic E-state index is 0.587. The Bertz CT molecular complexity index is 1360. The van der Waals surface area contributed by atoms with Crippen molar-refractivity contribution < 1.29 is 0 Å². The normalized spacial score (nSPS) is 11.0. The monoisotopic (exact) mass is 379 g/mol. The molecule has 2 aromatic carbocycles. The number of aromatic nitrogens is 2. The molecule has 4 heteroatoms. The summed E-state index contributed by atoms with van der Waals surface area (Å²) in [6.45, 7) is 0. The van der Waals surface area contributed by atoms with Gasteiger partial charge in [-0.3, -0.25) is 0 Å². The van der Waals surface area contributed by atoms with Gasteiger partial charge in [0.1, 0.15) is 17.1 Å². The van der Waals surface area contributed by atoms with Gasteiger partial charge in [-0.1, -0.05) is 60.1 Å². The van der Waals surface area contributed by atoms with Crippen molar-refractivity contribution in [2.24, 2.45) is 0 Å². The molecule has 0 amide bonds. The van der Waals surface area contributed by atoms with Gasteiger partial charge in [0.25, 0.3) is 0 Å². The molecule has 3 aromatic heterocycles. The van der Waals surface area contributed by atoms with Gasteiger partial charge < -0.3 is 4.40 Å². The molecule has 0 aliphatic heterocycles. The average molecular weight is 380 g/mol. The van der Waals surface area contributed by atoms with Crippen molar-refractivity contribution in [1.29, 1.82) is 5.26 Å². The van der Waals surface area contributed by atoms with E-state index in [9.17, 15) is 5.26 Å². The van der Waals surface area contributed by atoms with E-state index in [0.717, 1.165) is 33.4 Å². The lowest BCUT2D eigenvalue weighted by atomic mass is 10.0. The lowest BCUT2D eigenvalue weighted by molar-refractivity contribution is 1.25. The maximum absolute atomic E-state index is 9.86. The van der Waals surface area contributed by atoms with Crippen LogP contribution < -0.4 is 0 Å². The van der Waals surface area contributed by atoms with Gasteiger partial charge in [0.05, 0.1) is 16.7 Å². The first-order valence-electron chi connectivity index (χ1n) is 8.91. The van der Waals surface area contributed by atoms with Crippen LogP contribution in [-0.4, -0.2) is 9.38 Å². The smallest absolute Gasteiger partial charge is 0.108 e. The molecule has 0 radical (unpaired) electrons. The molecule has 0 N–H and O–H groups in total. The molecule has 3 nitrogen and oxygen atoms in total. The van der Waals surface area contributed by atoms with Crippen molar-refractivity contribution in [2.75, 3.05) is 0 Å². The van der Waals surface area contributed by atoms with Crippen molar-refractivity contribution in [3.8, 4) is 28.5 Å². The maximum Gasteiger partial charge on any atom is 0.108 e. The maximum atomic E-state index is 9.86. The van der Waals surface area contributed by atoms with Crippen LogP contribution in [0.15, 0.2) is 85.1 Å². The molecule has 0 saturated carbocycles. The van der Waals surface area contributed by atoms with E-state index in [1.807, 2.05) is 83.4 Å². The SMILES string of the molecule is N#Cc1c2nc(-c3ccccc3)cc(-c3ccc(Cl)cc3)c2n2ccccc12. The fraction of sp³-hybridized carbons (Fsp3) is 0. The van der Waals surface area contributed by atoms with Gasteiger partial charge in [0.15, 0.2) is 0 Å². The Kier molecular flexibility index (Phi) is 3.86. The summed E-state index contributed by atoms with van der Waals surface area (Å²) in [5.74, 6) is 0. The summed E-state index contributed by atoms with van der Waals surface area (Å²) in [5.41, 5.74) is 6.97. The summed E-state index contributed by atoms with van der Waals surface area (Å²) in [6.07, 6.45) is 1.97. The predicted molar refractivity (Wildman–Crippen MR) is 113 cm³/mol. The van der Waals surface area contributed by atoms with Crippen LogP contribution in [0.5, 0.6) is 0 Å². The van der Waals surface area contributed by atoms with E-state index >= 15 is 0 Å². The summed E-state index contributed by atoms with van der Waals surface area (Å²) in [7, 11) is 0. The van der Waals surface area contributed by atoms with Crippen LogP contribution in [0.25, 0.3) is 38.9 Å². The van der Waals surface area contributed by atoms with Crippen LogP contribution in [0.3, 0.4) is 0 Å². The molecule has 0 unspecified atom stereocenters. The number of hydrogen-bond donors (Lipinski definition) is 0. The number of halogens is 1. The Hall–Kier alpha value is -3.61. The highest BCUT2D eigenvalue weighted by atomic mass is 35.5. The van der Waals surface area contributed by atoms with E-state index < -0.39 is 0 Å². The molecule has 28 heavy (non-hydrogen) atoms. The number of nitriles is 1. The van der Waals surface area contributed by atoms with Crippen molar-refractivity contribution >= 4 is 28.2 Å². The zero-order valence-corrected chi connectivity index (χ0v) is 15.6. The Labute approximate surface area is 167 Å². The number of fused-ring (bicyclic) bond motifs is 3. The van der Waals surface area contributed by atoms with Crippen molar-refractivity contribution in [3.05, 3.63) is 95.6 Å². The van der Waals surface area contributed by atoms with Crippen LogP contribution >= 0.6 is 11.6 Å². The zero-order chi connectivity index (χ0) is 19.1. The van der Waals surface area contributed by atoms with Crippen molar-refractivity contribution in [2.45, 2.75) is 0 Å². The van der Waals surface area contributed by atoms with Gasteiger partial charge in [0.2, 0.25) is 0 Å². The minimum atomic E-state index is 0.587. The van der Waals surface area contributed by atoms with Gasteiger partial charge in [-0.2, -0.15) is 5.26 Å². The van der Waals surface area contributed by atoms with E-state index in [-0.39, 0.29) is 0 Å². The molecule has 0 bridgehead atoms. The third-order valence-electron chi connectivity index (χ3n) is 4.92. The Morgan fingerprint density at radius 2 is 1.61 bits per heavy atom. The Morgan fingerprint density at radius 3 is 2.36 bits per heavy atom. The summed E-state index contributed by atoms with van der Waals surface area (Å²) in [5, 5.41) is 10.6. The number of benzene rings is 2. The van der Waals surface area contributed by atoms with Gasteiger partial charge in [-0.25, -0.2) is 4.98 Å². The van der Waals surface area contributed by atoms with Gasteiger partial charge >= 0.3 is 0 Å². The van der Waals surface area contributed by atoms with Crippen LogP contribution in [-0.2, 0) is 0 Å². The second kappa shape index (κ2) is 6.53. The molecule has 132 valence electrons. The predicted octanol–water partition coefficient (Wildman–Crippen LogP) is 6.35. The van der Waals surface area contributed by atoms with Crippen LogP contribution in [0, 0.1) is 11.3 Å². The minimum Gasteiger partial charge on any atom is -0.313 e. The molecule has 5 aromatic rings. The molecule has 0 saturated heterocycles. The molecule has 0 atom stereocenters. The molecule has 5 rings (SSSR count). The lowest BCUT2D eigenvalue weighted by Gasteiger charge is -2.09. The largest absolute Gasteiger partial charge is 0.313 e. The highest BCUT2D eigenvalue weighted by molar-refractivity contribution is 6.30. The van der Waals surface area contributed by atoms with E-state index in [1.54, 1.807) is 0 Å². The average Bonchev–Trinajstić information content (AvgIpc) is 3.08. The molecule has 0 spiro atoms. The van der Waals surface area contributed by atoms with Crippen LogP contribution in [0.2, 0.25) is 5.02 Å². The number of rotatable bonds is 2. The van der Waals surface area contributed by atoms with Crippen LogP contribution in [0.1, 0.15) is 5.56 Å². The van der Waals surface area contributed by atoms with Gasteiger partial charge in [-0.15, -0.1) is 0 Å². The van der Waals surface area contributed by atoms with Gasteiger partial charge in [-0.05, 0) is 35.9 Å². The summed E-state index contributed by atoms with van der Waals surface area (Å²) < 4.78 is 2.04. The second-order valence-corrected chi connectivity index (χ2v) is 7.00. The lowest BCUT2D eigenvalue weighted by Crippen LogP contribution is -1.91. The fourth-order valence-corrected chi connectivity index (χ4v) is 3.76. The first-order valence-corrected chi connectivity index (χ1v) is 9.29. The first-order chi connectivity index (χ1) is 13.8. The first kappa shape index (κ1) is 16.6. The molecular formula is C24H14ClN3. The number of hydrogen-bond acceptors (Lipinski definition) is 2. The van der Waals surface area contributed by atoms with Crippen molar-refractivity contribution in [3.63, 3.8) is 0 Å². The van der Waals surface area contributed by atoms with Crippen molar-refractivity contribution in [1.82, 2.24) is 9.38 Å². The van der Waals surface area contributed by atoms with E-state index in [0.29, 0.717) is 16.1 Å². The summed E-state index contributed by atoms with van der Waals surface area (Å²) in [4.78, 5) is 4.89. The molecule has 3 heterocycles.